The van der Waals surface area contributed by atoms with E-state index in [1.807, 2.05) is 0 Å². The Morgan fingerprint density at radius 2 is 2.11 bits per heavy atom. The van der Waals surface area contributed by atoms with Crippen LogP contribution in [-0.2, 0) is 0 Å². The van der Waals surface area contributed by atoms with Crippen molar-refractivity contribution in [3.05, 3.63) is 23.3 Å². The molecule has 2 heteroatoms. The molecule has 0 radical (unpaired) electrons. The predicted molar refractivity (Wildman–Crippen MR) is 74.9 cm³/mol. The summed E-state index contributed by atoms with van der Waals surface area (Å²) in [4.78, 5) is 0. The lowest BCUT2D eigenvalue weighted by Gasteiger charge is -2.43. The zero-order chi connectivity index (χ0) is 13.3. The number of fused-ring (bicyclic) bond motifs is 1. The molecule has 2 rings (SSSR count). The van der Waals surface area contributed by atoms with Crippen LogP contribution in [0.1, 0.15) is 40.0 Å². The number of alkyl halides is 1. The summed E-state index contributed by atoms with van der Waals surface area (Å²) in [5, 5.41) is 0. The number of hydrogen-bond donors (Lipinski definition) is 1. The van der Waals surface area contributed by atoms with Crippen LogP contribution in [0.15, 0.2) is 23.3 Å². The van der Waals surface area contributed by atoms with Crippen molar-refractivity contribution in [2.75, 3.05) is 6.54 Å². The number of rotatable bonds is 2. The molecule has 0 spiro atoms. The van der Waals surface area contributed by atoms with E-state index in [-0.39, 0.29) is 5.92 Å². The van der Waals surface area contributed by atoms with Gasteiger partial charge in [0.1, 0.15) is 6.17 Å². The quantitative estimate of drug-likeness (QED) is 0.792. The van der Waals surface area contributed by atoms with Gasteiger partial charge in [0, 0.05) is 6.54 Å². The van der Waals surface area contributed by atoms with E-state index in [4.69, 9.17) is 5.73 Å². The Bertz CT molecular complexity index is 356. The van der Waals surface area contributed by atoms with E-state index in [2.05, 4.69) is 32.9 Å². The summed E-state index contributed by atoms with van der Waals surface area (Å²) in [6.07, 6.45) is 6.63. The molecular formula is C16H26FN. The normalized spacial score (nSPS) is 42.6. The Morgan fingerprint density at radius 1 is 1.39 bits per heavy atom. The molecule has 2 aliphatic carbocycles. The van der Waals surface area contributed by atoms with E-state index in [1.165, 1.54) is 11.1 Å². The van der Waals surface area contributed by atoms with Gasteiger partial charge in [-0.15, -0.1) is 0 Å². The summed E-state index contributed by atoms with van der Waals surface area (Å²) in [5.41, 5.74) is 8.52. The minimum atomic E-state index is -0.582. The predicted octanol–water partition coefficient (Wildman–Crippen LogP) is 3.86. The van der Waals surface area contributed by atoms with Crippen molar-refractivity contribution in [1.82, 2.24) is 0 Å². The fourth-order valence-corrected chi connectivity index (χ4v) is 3.39. The van der Waals surface area contributed by atoms with Gasteiger partial charge in [0.2, 0.25) is 0 Å². The third kappa shape index (κ3) is 2.69. The first kappa shape index (κ1) is 13.8. The zero-order valence-corrected chi connectivity index (χ0v) is 11.8. The minimum absolute atomic E-state index is 0.249. The second kappa shape index (κ2) is 5.56. The average Bonchev–Trinajstić information content (AvgIpc) is 2.36. The molecule has 1 nitrogen and oxygen atoms in total. The molecule has 1 saturated carbocycles. The van der Waals surface area contributed by atoms with Crippen molar-refractivity contribution < 1.29 is 4.39 Å². The van der Waals surface area contributed by atoms with Crippen LogP contribution in [0.2, 0.25) is 0 Å². The van der Waals surface area contributed by atoms with E-state index < -0.39 is 6.17 Å². The monoisotopic (exact) mass is 251 g/mol. The second-order valence-electron chi connectivity index (χ2n) is 6.36. The van der Waals surface area contributed by atoms with Gasteiger partial charge in [-0.2, -0.15) is 0 Å². The van der Waals surface area contributed by atoms with Crippen LogP contribution < -0.4 is 5.73 Å². The van der Waals surface area contributed by atoms with Crippen LogP contribution >= 0.6 is 0 Å². The first-order valence-corrected chi connectivity index (χ1v) is 7.26. The fraction of sp³-hybridized carbons (Fsp3) is 0.750. The Balaban J connectivity index is 2.23. The van der Waals surface area contributed by atoms with Crippen molar-refractivity contribution in [3.63, 3.8) is 0 Å². The van der Waals surface area contributed by atoms with Gasteiger partial charge in [-0.3, -0.25) is 0 Å². The van der Waals surface area contributed by atoms with Crippen molar-refractivity contribution in [2.24, 2.45) is 29.4 Å². The van der Waals surface area contributed by atoms with E-state index in [0.717, 1.165) is 19.3 Å². The van der Waals surface area contributed by atoms with E-state index >= 15 is 0 Å². The Labute approximate surface area is 110 Å². The van der Waals surface area contributed by atoms with Crippen molar-refractivity contribution in [1.29, 1.82) is 0 Å². The molecule has 102 valence electrons. The summed E-state index contributed by atoms with van der Waals surface area (Å²) in [7, 11) is 0. The van der Waals surface area contributed by atoms with Crippen LogP contribution in [0.25, 0.3) is 0 Å². The molecule has 2 aliphatic rings. The highest BCUT2D eigenvalue weighted by atomic mass is 19.1. The highest BCUT2D eigenvalue weighted by molar-refractivity contribution is 5.27. The van der Waals surface area contributed by atoms with Crippen LogP contribution in [0.5, 0.6) is 0 Å². The summed E-state index contributed by atoms with van der Waals surface area (Å²) in [6, 6.07) is 0. The molecule has 0 amide bonds. The summed E-state index contributed by atoms with van der Waals surface area (Å²) >= 11 is 0. The van der Waals surface area contributed by atoms with Gasteiger partial charge >= 0.3 is 0 Å². The molecule has 0 bridgehead atoms. The lowest BCUT2D eigenvalue weighted by atomic mass is 9.64. The fourth-order valence-electron chi connectivity index (χ4n) is 3.39. The van der Waals surface area contributed by atoms with Crippen LogP contribution in [0, 0.1) is 23.7 Å². The minimum Gasteiger partial charge on any atom is -0.327 e. The molecule has 1 fully saturated rings. The highest BCUT2D eigenvalue weighted by Crippen LogP contribution is 2.46. The molecular weight excluding hydrogens is 225 g/mol. The largest absolute Gasteiger partial charge is 0.327 e. The van der Waals surface area contributed by atoms with Gasteiger partial charge in [-0.05, 0) is 48.5 Å². The van der Waals surface area contributed by atoms with Gasteiger partial charge in [-0.25, -0.2) is 4.39 Å². The zero-order valence-electron chi connectivity index (χ0n) is 11.8. The van der Waals surface area contributed by atoms with Crippen molar-refractivity contribution >= 4 is 0 Å². The molecule has 0 aliphatic heterocycles. The van der Waals surface area contributed by atoms with Crippen molar-refractivity contribution in [2.45, 2.75) is 46.2 Å². The molecule has 0 heterocycles. The van der Waals surface area contributed by atoms with Gasteiger partial charge in [-0.1, -0.05) is 38.5 Å². The third-order valence-corrected chi connectivity index (χ3v) is 4.75. The summed E-state index contributed by atoms with van der Waals surface area (Å²) in [6.45, 7) is 7.28. The maximum absolute atomic E-state index is 13.7. The summed E-state index contributed by atoms with van der Waals surface area (Å²) in [5.74, 6) is 1.87. The maximum atomic E-state index is 13.7. The SMILES string of the molecule is CC(C)C1=C/C[C@H]2C(F)CC2[C@H](C)C/C(CN)=C\1. The first-order chi connectivity index (χ1) is 8.52. The number of nitrogens with two attached hydrogens (primary N) is 1. The molecule has 18 heavy (non-hydrogen) atoms. The van der Waals surface area contributed by atoms with Crippen LogP contribution in [0.4, 0.5) is 4.39 Å². The molecule has 2 unspecified atom stereocenters. The third-order valence-electron chi connectivity index (χ3n) is 4.75. The molecule has 0 aromatic carbocycles. The average molecular weight is 251 g/mol. The molecule has 0 aromatic rings. The number of hydrogen-bond acceptors (Lipinski definition) is 1. The first-order valence-electron chi connectivity index (χ1n) is 7.26. The number of allylic oxidation sites excluding steroid dienone is 3. The van der Waals surface area contributed by atoms with Gasteiger partial charge in [0.05, 0.1) is 0 Å². The number of halogens is 1. The molecule has 0 saturated heterocycles. The van der Waals surface area contributed by atoms with Gasteiger partial charge in [0.25, 0.3) is 0 Å². The molecule has 4 atom stereocenters. The van der Waals surface area contributed by atoms with Crippen molar-refractivity contribution in [3.8, 4) is 0 Å². The Kier molecular flexibility index (Phi) is 4.26. The van der Waals surface area contributed by atoms with Gasteiger partial charge in [0.15, 0.2) is 0 Å². The topological polar surface area (TPSA) is 26.0 Å². The Morgan fingerprint density at radius 3 is 2.67 bits per heavy atom. The second-order valence-corrected chi connectivity index (χ2v) is 6.36. The highest BCUT2D eigenvalue weighted by Gasteiger charge is 2.43. The van der Waals surface area contributed by atoms with Gasteiger partial charge < -0.3 is 5.73 Å². The molecule has 0 aromatic heterocycles. The molecule has 2 N–H and O–H groups in total. The van der Waals surface area contributed by atoms with Crippen LogP contribution in [0.3, 0.4) is 0 Å². The van der Waals surface area contributed by atoms with E-state index in [0.29, 0.717) is 24.3 Å². The smallest absolute Gasteiger partial charge is 0.104 e. The lowest BCUT2D eigenvalue weighted by molar-refractivity contribution is 0.00260. The maximum Gasteiger partial charge on any atom is 0.104 e. The lowest BCUT2D eigenvalue weighted by Crippen LogP contribution is -2.41. The Hall–Kier alpha value is -0.630. The summed E-state index contributed by atoms with van der Waals surface area (Å²) < 4.78 is 13.7. The standard InChI is InChI=1S/C16H26FN/c1-10(2)13-4-5-14-15(8-16(14)17)11(3)6-12(7-13)9-18/h4,7,10-11,14-16H,5-6,8-9,18H2,1-3H3/b12-7+,13-4+/t11-,14-,15?,16?/m1/s1. The van der Waals surface area contributed by atoms with E-state index in [9.17, 15) is 4.39 Å². The van der Waals surface area contributed by atoms with Crippen LogP contribution in [-0.4, -0.2) is 12.7 Å². The van der Waals surface area contributed by atoms with E-state index in [1.54, 1.807) is 0 Å².